The van der Waals surface area contributed by atoms with E-state index in [0.29, 0.717) is 24.0 Å². The summed E-state index contributed by atoms with van der Waals surface area (Å²) < 4.78 is 31.9. The Balaban J connectivity index is 3.86. The van der Waals surface area contributed by atoms with Gasteiger partial charge in [-0.3, -0.25) is 4.79 Å². The van der Waals surface area contributed by atoms with Crippen LogP contribution in [0.5, 0.6) is 0 Å². The van der Waals surface area contributed by atoms with E-state index in [2.05, 4.69) is 11.9 Å². The zero-order valence-electron chi connectivity index (χ0n) is 10.3. The van der Waals surface area contributed by atoms with Crippen molar-refractivity contribution in [3.63, 3.8) is 0 Å². The van der Waals surface area contributed by atoms with Gasteiger partial charge in [0.15, 0.2) is 0 Å². The van der Waals surface area contributed by atoms with Crippen LogP contribution in [0.25, 0.3) is 0 Å². The minimum atomic E-state index is -4.15. The fraction of sp³-hybridized carbons (Fsp3) is 0.700. The van der Waals surface area contributed by atoms with Gasteiger partial charge in [0.25, 0.3) is 0 Å². The highest BCUT2D eigenvalue weighted by atomic mass is 32.2. The number of nitrogens with one attached hydrogen (secondary N) is 1. The average molecular weight is 264 g/mol. The van der Waals surface area contributed by atoms with Crippen LogP contribution in [0, 0.1) is 0 Å². The molecule has 0 fully saturated rings. The molecule has 0 aliphatic carbocycles. The molecule has 1 N–H and O–H groups in total. The minimum Gasteiger partial charge on any atom is -0.748 e. The third kappa shape index (κ3) is 9.98. The maximum absolute atomic E-state index is 10.8. The van der Waals surface area contributed by atoms with Crippen molar-refractivity contribution in [3.8, 4) is 0 Å². The second-order valence-electron chi connectivity index (χ2n) is 4.49. The molecular weight excluding hydrogens is 244 g/mol. The Hall–Kier alpha value is -0.920. The molecular formula is C10H20N2O4S. The summed E-state index contributed by atoms with van der Waals surface area (Å²) in [7, 11) is -0.458. The summed E-state index contributed by atoms with van der Waals surface area (Å²) >= 11 is 0. The van der Waals surface area contributed by atoms with Gasteiger partial charge < -0.3 is 14.4 Å². The topological polar surface area (TPSA) is 86.3 Å². The highest BCUT2D eigenvalue weighted by molar-refractivity contribution is 7.85. The smallest absolute Gasteiger partial charge is 0.243 e. The molecule has 0 bridgehead atoms. The van der Waals surface area contributed by atoms with E-state index < -0.39 is 10.1 Å². The van der Waals surface area contributed by atoms with E-state index in [4.69, 9.17) is 0 Å². The van der Waals surface area contributed by atoms with Crippen molar-refractivity contribution < 1.29 is 22.2 Å². The van der Waals surface area contributed by atoms with Crippen LogP contribution >= 0.6 is 0 Å². The van der Waals surface area contributed by atoms with Crippen LogP contribution in [0.2, 0.25) is 0 Å². The summed E-state index contributed by atoms with van der Waals surface area (Å²) in [6, 6.07) is 0. The van der Waals surface area contributed by atoms with E-state index in [1.807, 2.05) is 14.1 Å². The van der Waals surface area contributed by atoms with Crippen molar-refractivity contribution >= 4 is 16.0 Å². The first-order valence-electron chi connectivity index (χ1n) is 5.32. The maximum Gasteiger partial charge on any atom is 0.243 e. The van der Waals surface area contributed by atoms with Crippen molar-refractivity contribution in [2.24, 2.45) is 0 Å². The van der Waals surface area contributed by atoms with Crippen LogP contribution in [0.1, 0.15) is 6.42 Å². The number of hydrogen-bond acceptors (Lipinski definition) is 4. The van der Waals surface area contributed by atoms with Crippen LogP contribution in [0.3, 0.4) is 0 Å². The standard InChI is InChI=1S/C10H20N2O4S/c1-4-10(13)11-6-5-7-12(2,3)8-9-17(14,15)16/h4H,1,5-9H2,2-3H3,(H-,11,13,14,15,16). The molecule has 0 atom stereocenters. The van der Waals surface area contributed by atoms with Crippen LogP contribution in [0.15, 0.2) is 12.7 Å². The number of rotatable bonds is 8. The van der Waals surface area contributed by atoms with E-state index in [0.717, 1.165) is 0 Å². The third-order valence-corrected chi connectivity index (χ3v) is 3.05. The van der Waals surface area contributed by atoms with E-state index in [1.165, 1.54) is 6.08 Å². The molecule has 0 aliphatic heterocycles. The van der Waals surface area contributed by atoms with Crippen molar-refractivity contribution in [1.82, 2.24) is 5.32 Å². The van der Waals surface area contributed by atoms with Crippen molar-refractivity contribution in [1.29, 1.82) is 0 Å². The molecule has 0 heterocycles. The molecule has 1 amide bonds. The Labute approximate surface area is 103 Å². The first kappa shape index (κ1) is 16.1. The van der Waals surface area contributed by atoms with Gasteiger partial charge in [-0.1, -0.05) is 6.58 Å². The predicted octanol–water partition coefficient (Wildman–Crippen LogP) is -0.700. The lowest BCUT2D eigenvalue weighted by Crippen LogP contribution is -2.44. The van der Waals surface area contributed by atoms with Crippen LogP contribution in [-0.4, -0.2) is 62.8 Å². The lowest BCUT2D eigenvalue weighted by molar-refractivity contribution is -0.888. The lowest BCUT2D eigenvalue weighted by atomic mass is 10.3. The summed E-state index contributed by atoms with van der Waals surface area (Å²) in [5.74, 6) is -0.587. The van der Waals surface area contributed by atoms with Crippen LogP contribution in [-0.2, 0) is 14.9 Å². The quantitative estimate of drug-likeness (QED) is 0.272. The zero-order chi connectivity index (χ0) is 13.5. The van der Waals surface area contributed by atoms with E-state index in [9.17, 15) is 17.8 Å². The molecule has 0 saturated carbocycles. The first-order valence-corrected chi connectivity index (χ1v) is 6.90. The monoisotopic (exact) mass is 264 g/mol. The molecule has 0 saturated heterocycles. The van der Waals surface area contributed by atoms with E-state index in [1.54, 1.807) is 0 Å². The normalized spacial score (nSPS) is 12.2. The Morgan fingerprint density at radius 2 is 2.00 bits per heavy atom. The second-order valence-corrected chi connectivity index (χ2v) is 6.02. The maximum atomic E-state index is 10.8. The Bertz CT molecular complexity index is 363. The number of carbonyl (C=O) groups excluding carboxylic acids is 1. The molecule has 100 valence electrons. The predicted molar refractivity (Wildman–Crippen MR) is 64.2 cm³/mol. The number of quaternary nitrogens is 1. The molecule has 0 unspecified atom stereocenters. The van der Waals surface area contributed by atoms with Gasteiger partial charge >= 0.3 is 0 Å². The molecule has 0 radical (unpaired) electrons. The van der Waals surface area contributed by atoms with Gasteiger partial charge in [-0.05, 0) is 6.08 Å². The van der Waals surface area contributed by atoms with Gasteiger partial charge in [0.05, 0.1) is 32.9 Å². The molecule has 0 aromatic rings. The molecule has 0 spiro atoms. The van der Waals surface area contributed by atoms with Crippen molar-refractivity contribution in [3.05, 3.63) is 12.7 Å². The van der Waals surface area contributed by atoms with Crippen molar-refractivity contribution in [2.75, 3.05) is 39.5 Å². The molecule has 17 heavy (non-hydrogen) atoms. The fourth-order valence-corrected chi connectivity index (χ4v) is 1.98. The highest BCUT2D eigenvalue weighted by Gasteiger charge is 2.15. The van der Waals surface area contributed by atoms with Crippen molar-refractivity contribution in [2.45, 2.75) is 6.42 Å². The Morgan fingerprint density at radius 3 is 2.47 bits per heavy atom. The SMILES string of the molecule is C=CC(=O)NCCC[N+](C)(C)CCS(=O)(=O)[O-]. The lowest BCUT2D eigenvalue weighted by Gasteiger charge is -2.30. The third-order valence-electron chi connectivity index (χ3n) is 2.37. The highest BCUT2D eigenvalue weighted by Crippen LogP contribution is 2.00. The summed E-state index contributed by atoms with van der Waals surface area (Å²) in [4.78, 5) is 10.8. The van der Waals surface area contributed by atoms with E-state index in [-0.39, 0.29) is 18.2 Å². The number of nitrogens with zero attached hydrogens (tertiary/aromatic N) is 1. The first-order chi connectivity index (χ1) is 7.66. The molecule has 0 aromatic heterocycles. The zero-order valence-corrected chi connectivity index (χ0v) is 11.1. The largest absolute Gasteiger partial charge is 0.748 e. The van der Waals surface area contributed by atoms with Gasteiger partial charge in [-0.2, -0.15) is 0 Å². The second kappa shape index (κ2) is 6.73. The van der Waals surface area contributed by atoms with Crippen LogP contribution in [0.4, 0.5) is 0 Å². The number of hydrogen-bond donors (Lipinski definition) is 1. The molecule has 0 aliphatic rings. The summed E-state index contributed by atoms with van der Waals surface area (Å²) in [6.07, 6.45) is 1.91. The molecule has 0 aromatic carbocycles. The minimum absolute atomic E-state index is 0.225. The Morgan fingerprint density at radius 1 is 1.41 bits per heavy atom. The molecule has 7 heteroatoms. The summed E-state index contributed by atoms with van der Waals surface area (Å²) in [6.45, 7) is 4.80. The molecule has 6 nitrogen and oxygen atoms in total. The fourth-order valence-electron chi connectivity index (χ4n) is 1.26. The molecule has 0 rings (SSSR count). The van der Waals surface area contributed by atoms with Gasteiger partial charge in [-0.25, -0.2) is 8.42 Å². The van der Waals surface area contributed by atoms with Crippen LogP contribution < -0.4 is 5.32 Å². The van der Waals surface area contributed by atoms with Gasteiger partial charge in [0, 0.05) is 13.0 Å². The number of amides is 1. The van der Waals surface area contributed by atoms with Gasteiger partial charge in [0.2, 0.25) is 5.91 Å². The average Bonchev–Trinajstić information content (AvgIpc) is 2.20. The van der Waals surface area contributed by atoms with Gasteiger partial charge in [-0.15, -0.1) is 0 Å². The summed E-state index contributed by atoms with van der Waals surface area (Å²) in [5.41, 5.74) is 0. The number of carbonyl (C=O) groups is 1. The summed E-state index contributed by atoms with van der Waals surface area (Å²) in [5, 5.41) is 2.63. The Kier molecular flexibility index (Phi) is 6.36. The van der Waals surface area contributed by atoms with Gasteiger partial charge in [0.1, 0.15) is 10.1 Å². The van der Waals surface area contributed by atoms with E-state index >= 15 is 0 Å².